The Morgan fingerprint density at radius 3 is 2.74 bits per heavy atom. The average Bonchev–Trinajstić information content (AvgIpc) is 3.00. The Balaban J connectivity index is 1.51. The molecule has 1 saturated carbocycles. The second-order valence-electron chi connectivity index (χ2n) is 6.14. The number of hydrogen-bond acceptors (Lipinski definition) is 5. The van der Waals surface area contributed by atoms with E-state index in [1.54, 1.807) is 0 Å². The molecule has 110 valence electrons. The lowest BCUT2D eigenvalue weighted by Gasteiger charge is -2.37. The highest BCUT2D eigenvalue weighted by molar-refractivity contribution is 4.86. The topological polar surface area (TPSA) is 51.2 Å². The second-order valence-corrected chi connectivity index (χ2v) is 6.14. The molecule has 3 atom stereocenters. The SMILES string of the molecule is CC1CN(CC2COC3(CCCC3)O2)CC(CO)O1. The number of ether oxygens (including phenoxy) is 3. The van der Waals surface area contributed by atoms with E-state index in [2.05, 4.69) is 11.8 Å². The average molecular weight is 271 g/mol. The molecule has 3 fully saturated rings. The lowest BCUT2D eigenvalue weighted by atomic mass is 10.2. The van der Waals surface area contributed by atoms with Gasteiger partial charge in [0, 0.05) is 32.5 Å². The zero-order valence-electron chi connectivity index (χ0n) is 11.7. The quantitative estimate of drug-likeness (QED) is 0.821. The number of hydrogen-bond donors (Lipinski definition) is 1. The van der Waals surface area contributed by atoms with Gasteiger partial charge in [0.05, 0.1) is 31.5 Å². The molecule has 0 aromatic rings. The van der Waals surface area contributed by atoms with Gasteiger partial charge in [0.2, 0.25) is 0 Å². The molecular weight excluding hydrogens is 246 g/mol. The van der Waals surface area contributed by atoms with Crippen LogP contribution in [0.2, 0.25) is 0 Å². The van der Waals surface area contributed by atoms with Gasteiger partial charge in [0.1, 0.15) is 0 Å². The highest BCUT2D eigenvalue weighted by Gasteiger charge is 2.44. The van der Waals surface area contributed by atoms with Gasteiger partial charge in [-0.15, -0.1) is 0 Å². The maximum absolute atomic E-state index is 9.25. The summed E-state index contributed by atoms with van der Waals surface area (Å²) in [5.41, 5.74) is 0. The predicted octanol–water partition coefficient (Wildman–Crippen LogP) is 0.754. The van der Waals surface area contributed by atoms with Crippen LogP contribution in [0.5, 0.6) is 0 Å². The largest absolute Gasteiger partial charge is 0.394 e. The molecule has 0 amide bonds. The van der Waals surface area contributed by atoms with Crippen molar-refractivity contribution in [1.82, 2.24) is 4.90 Å². The predicted molar refractivity (Wildman–Crippen MR) is 69.9 cm³/mol. The molecule has 2 saturated heterocycles. The van der Waals surface area contributed by atoms with Crippen LogP contribution in [-0.4, -0.2) is 67.0 Å². The first kappa shape index (κ1) is 13.8. The van der Waals surface area contributed by atoms with E-state index in [4.69, 9.17) is 14.2 Å². The molecule has 3 rings (SSSR count). The first-order chi connectivity index (χ1) is 9.19. The Labute approximate surface area is 114 Å². The van der Waals surface area contributed by atoms with Crippen molar-refractivity contribution in [1.29, 1.82) is 0 Å². The molecule has 0 radical (unpaired) electrons. The maximum Gasteiger partial charge on any atom is 0.168 e. The Bertz CT molecular complexity index is 306. The summed E-state index contributed by atoms with van der Waals surface area (Å²) in [6, 6.07) is 0. The highest BCUT2D eigenvalue weighted by atomic mass is 16.7. The van der Waals surface area contributed by atoms with Crippen LogP contribution in [0.4, 0.5) is 0 Å². The Hall–Kier alpha value is -0.200. The lowest BCUT2D eigenvalue weighted by molar-refractivity contribution is -0.166. The van der Waals surface area contributed by atoms with Crippen LogP contribution in [0.15, 0.2) is 0 Å². The molecule has 2 heterocycles. The molecule has 19 heavy (non-hydrogen) atoms. The van der Waals surface area contributed by atoms with Crippen molar-refractivity contribution in [2.45, 2.75) is 56.7 Å². The number of nitrogens with zero attached hydrogens (tertiary/aromatic N) is 1. The van der Waals surface area contributed by atoms with E-state index in [9.17, 15) is 5.11 Å². The van der Waals surface area contributed by atoms with Crippen molar-refractivity contribution in [2.24, 2.45) is 0 Å². The molecule has 2 aliphatic heterocycles. The van der Waals surface area contributed by atoms with E-state index in [1.807, 2.05) is 0 Å². The summed E-state index contributed by atoms with van der Waals surface area (Å²) in [4.78, 5) is 2.33. The summed E-state index contributed by atoms with van der Waals surface area (Å²) in [6.45, 7) is 5.42. The molecular formula is C14H25NO4. The summed E-state index contributed by atoms with van der Waals surface area (Å²) in [5.74, 6) is -0.265. The molecule has 5 nitrogen and oxygen atoms in total. The molecule has 5 heteroatoms. The first-order valence-corrected chi connectivity index (χ1v) is 7.49. The molecule has 3 unspecified atom stereocenters. The Morgan fingerprint density at radius 2 is 2.00 bits per heavy atom. The lowest BCUT2D eigenvalue weighted by Crippen LogP contribution is -2.50. The molecule has 0 aromatic heterocycles. The molecule has 0 aromatic carbocycles. The molecule has 1 aliphatic carbocycles. The third-order valence-corrected chi connectivity index (χ3v) is 4.35. The van der Waals surface area contributed by atoms with Crippen molar-refractivity contribution < 1.29 is 19.3 Å². The van der Waals surface area contributed by atoms with Gasteiger partial charge >= 0.3 is 0 Å². The summed E-state index contributed by atoms with van der Waals surface area (Å²) < 4.78 is 17.7. The van der Waals surface area contributed by atoms with Crippen molar-refractivity contribution in [3.63, 3.8) is 0 Å². The Morgan fingerprint density at radius 1 is 1.21 bits per heavy atom. The van der Waals surface area contributed by atoms with Gasteiger partial charge in [-0.25, -0.2) is 0 Å². The van der Waals surface area contributed by atoms with Gasteiger partial charge < -0.3 is 19.3 Å². The molecule has 0 bridgehead atoms. The minimum Gasteiger partial charge on any atom is -0.394 e. The van der Waals surface area contributed by atoms with Crippen LogP contribution < -0.4 is 0 Å². The summed E-state index contributed by atoms with van der Waals surface area (Å²) in [5, 5.41) is 9.25. The number of aliphatic hydroxyl groups is 1. The van der Waals surface area contributed by atoms with E-state index < -0.39 is 0 Å². The summed E-state index contributed by atoms with van der Waals surface area (Å²) >= 11 is 0. The third-order valence-electron chi connectivity index (χ3n) is 4.35. The van der Waals surface area contributed by atoms with Crippen molar-refractivity contribution >= 4 is 0 Å². The van der Waals surface area contributed by atoms with Crippen LogP contribution in [0.25, 0.3) is 0 Å². The van der Waals surface area contributed by atoms with Crippen LogP contribution >= 0.6 is 0 Å². The fourth-order valence-corrected chi connectivity index (χ4v) is 3.56. The standard InChI is InChI=1S/C14H25NO4/c1-11-6-15(7-12(9-16)18-11)8-13-10-17-14(19-13)4-2-3-5-14/h11-13,16H,2-10H2,1H3. The van der Waals surface area contributed by atoms with Crippen LogP contribution in [-0.2, 0) is 14.2 Å². The maximum atomic E-state index is 9.25. The monoisotopic (exact) mass is 271 g/mol. The van der Waals surface area contributed by atoms with Crippen LogP contribution in [0.3, 0.4) is 0 Å². The molecule has 3 aliphatic rings. The van der Waals surface area contributed by atoms with E-state index in [0.29, 0.717) is 6.61 Å². The van der Waals surface area contributed by atoms with Crippen molar-refractivity contribution in [3.05, 3.63) is 0 Å². The number of aliphatic hydroxyl groups excluding tert-OH is 1. The van der Waals surface area contributed by atoms with Crippen molar-refractivity contribution in [2.75, 3.05) is 32.8 Å². The van der Waals surface area contributed by atoms with Gasteiger partial charge in [0.25, 0.3) is 0 Å². The summed E-state index contributed by atoms with van der Waals surface area (Å²) in [6.07, 6.45) is 4.80. The number of rotatable bonds is 3. The minimum atomic E-state index is -0.265. The zero-order chi connectivity index (χ0) is 13.3. The summed E-state index contributed by atoms with van der Waals surface area (Å²) in [7, 11) is 0. The normalized spacial score (nSPS) is 39.2. The highest BCUT2D eigenvalue weighted by Crippen LogP contribution is 2.39. The molecule has 1 N–H and O–H groups in total. The zero-order valence-corrected chi connectivity index (χ0v) is 11.7. The fourth-order valence-electron chi connectivity index (χ4n) is 3.56. The van der Waals surface area contributed by atoms with Crippen LogP contribution in [0.1, 0.15) is 32.6 Å². The molecule has 1 spiro atoms. The minimum absolute atomic E-state index is 0.0634. The first-order valence-electron chi connectivity index (χ1n) is 7.49. The van der Waals surface area contributed by atoms with Gasteiger partial charge in [-0.1, -0.05) is 0 Å². The van der Waals surface area contributed by atoms with E-state index >= 15 is 0 Å². The van der Waals surface area contributed by atoms with E-state index in [1.165, 1.54) is 12.8 Å². The van der Waals surface area contributed by atoms with Gasteiger partial charge in [0.15, 0.2) is 5.79 Å². The smallest absolute Gasteiger partial charge is 0.168 e. The fraction of sp³-hybridized carbons (Fsp3) is 1.00. The van der Waals surface area contributed by atoms with Crippen LogP contribution in [0, 0.1) is 0 Å². The van der Waals surface area contributed by atoms with Crippen molar-refractivity contribution in [3.8, 4) is 0 Å². The number of morpholine rings is 1. The van der Waals surface area contributed by atoms with Gasteiger partial charge in [-0.3, -0.25) is 4.90 Å². The van der Waals surface area contributed by atoms with Gasteiger partial charge in [-0.2, -0.15) is 0 Å². The third kappa shape index (κ3) is 3.11. The van der Waals surface area contributed by atoms with E-state index in [0.717, 1.165) is 32.5 Å². The van der Waals surface area contributed by atoms with E-state index in [-0.39, 0.29) is 30.7 Å². The second kappa shape index (κ2) is 5.66. The van der Waals surface area contributed by atoms with Gasteiger partial charge in [-0.05, 0) is 19.8 Å². The Kier molecular flexibility index (Phi) is 4.10.